The Morgan fingerprint density at radius 2 is 1.53 bits per heavy atom. The second kappa shape index (κ2) is 12.9. The Morgan fingerprint density at radius 3 is 2.13 bits per heavy atom. The minimum absolute atomic E-state index is 0.158. The molecule has 0 saturated heterocycles. The predicted molar refractivity (Wildman–Crippen MR) is 144 cm³/mol. The molecule has 1 N–H and O–H groups in total. The van der Waals surface area contributed by atoms with Gasteiger partial charge in [-0.2, -0.15) is 0 Å². The molecule has 2 aromatic carbocycles. The number of nitrogens with zero attached hydrogens (tertiary/aromatic N) is 2. The van der Waals surface area contributed by atoms with Gasteiger partial charge in [0.2, 0.25) is 5.91 Å². The Kier molecular flexibility index (Phi) is 9.65. The molecular formula is C29H34N2O7. The molecule has 3 rings (SSSR count). The van der Waals surface area contributed by atoms with E-state index in [1.54, 1.807) is 66.0 Å². The molecule has 0 aliphatic heterocycles. The van der Waals surface area contributed by atoms with Crippen molar-refractivity contribution in [3.63, 3.8) is 0 Å². The Balaban J connectivity index is 1.98. The van der Waals surface area contributed by atoms with E-state index in [1.165, 1.54) is 13.8 Å². The standard InChI is InChI=1S/C29H34N2O7/c1-19-28(30(20(2)32)17-9-7-5-6-8-10-27(34)35)25-18-24(38-21(3)33)15-16-26(25)31(19)29(36)22-11-13-23(37-4)14-12-22/h11-16,18H,5-10,17H2,1-4H3,(H,34,35). The Hall–Kier alpha value is -4.14. The van der Waals surface area contributed by atoms with E-state index in [4.69, 9.17) is 14.6 Å². The first kappa shape index (κ1) is 28.4. The van der Waals surface area contributed by atoms with Crippen molar-refractivity contribution in [2.24, 2.45) is 0 Å². The Labute approximate surface area is 221 Å². The minimum atomic E-state index is -0.795. The number of rotatable bonds is 12. The highest BCUT2D eigenvalue weighted by Gasteiger charge is 2.26. The van der Waals surface area contributed by atoms with Crippen molar-refractivity contribution in [1.82, 2.24) is 4.57 Å². The highest BCUT2D eigenvalue weighted by Crippen LogP contribution is 2.37. The van der Waals surface area contributed by atoms with E-state index in [2.05, 4.69) is 0 Å². The van der Waals surface area contributed by atoms with Gasteiger partial charge in [0.05, 0.1) is 18.3 Å². The van der Waals surface area contributed by atoms with E-state index in [-0.39, 0.29) is 18.2 Å². The number of ether oxygens (including phenoxy) is 2. The van der Waals surface area contributed by atoms with Gasteiger partial charge in [0.1, 0.15) is 11.5 Å². The summed E-state index contributed by atoms with van der Waals surface area (Å²) in [6.45, 7) is 5.02. The van der Waals surface area contributed by atoms with Gasteiger partial charge in [-0.15, -0.1) is 0 Å². The molecule has 202 valence electrons. The number of carbonyl (C=O) groups is 4. The highest BCUT2D eigenvalue weighted by atomic mass is 16.5. The number of amides is 1. The van der Waals surface area contributed by atoms with Crippen molar-refractivity contribution < 1.29 is 33.8 Å². The van der Waals surface area contributed by atoms with Crippen molar-refractivity contribution in [3.8, 4) is 11.5 Å². The topological polar surface area (TPSA) is 115 Å². The third-order valence-electron chi connectivity index (χ3n) is 6.37. The van der Waals surface area contributed by atoms with Gasteiger partial charge in [0.15, 0.2) is 0 Å². The van der Waals surface area contributed by atoms with Crippen molar-refractivity contribution >= 4 is 40.3 Å². The Morgan fingerprint density at radius 1 is 0.895 bits per heavy atom. The van der Waals surface area contributed by atoms with E-state index >= 15 is 0 Å². The van der Waals surface area contributed by atoms with E-state index in [1.807, 2.05) is 0 Å². The van der Waals surface area contributed by atoms with Gasteiger partial charge in [-0.25, -0.2) is 0 Å². The van der Waals surface area contributed by atoms with Crippen LogP contribution in [-0.2, 0) is 14.4 Å². The molecule has 3 aromatic rings. The van der Waals surface area contributed by atoms with E-state index in [0.29, 0.717) is 52.3 Å². The molecule has 0 bridgehead atoms. The number of hydrogen-bond acceptors (Lipinski definition) is 6. The van der Waals surface area contributed by atoms with Gasteiger partial charge in [-0.1, -0.05) is 19.3 Å². The maximum atomic E-state index is 13.6. The maximum Gasteiger partial charge on any atom is 0.308 e. The summed E-state index contributed by atoms with van der Waals surface area (Å²) >= 11 is 0. The molecule has 0 atom stereocenters. The lowest BCUT2D eigenvalue weighted by atomic mass is 10.1. The second-order valence-corrected chi connectivity index (χ2v) is 9.16. The lowest BCUT2D eigenvalue weighted by Gasteiger charge is -2.22. The maximum absolute atomic E-state index is 13.6. The predicted octanol–water partition coefficient (Wildman–Crippen LogP) is 5.35. The quantitative estimate of drug-likeness (QED) is 0.194. The second-order valence-electron chi connectivity index (χ2n) is 9.16. The van der Waals surface area contributed by atoms with Crippen LogP contribution in [0, 0.1) is 6.92 Å². The molecule has 0 radical (unpaired) electrons. The zero-order chi connectivity index (χ0) is 27.8. The number of methoxy groups -OCH3 is 1. The average Bonchev–Trinajstić information content (AvgIpc) is 3.15. The first-order valence-corrected chi connectivity index (χ1v) is 12.7. The van der Waals surface area contributed by atoms with Gasteiger partial charge in [-0.05, 0) is 62.2 Å². The zero-order valence-electron chi connectivity index (χ0n) is 22.3. The van der Waals surface area contributed by atoms with Gasteiger partial charge in [0.25, 0.3) is 5.91 Å². The third kappa shape index (κ3) is 6.79. The van der Waals surface area contributed by atoms with Crippen molar-refractivity contribution in [3.05, 3.63) is 53.7 Å². The summed E-state index contributed by atoms with van der Waals surface area (Å²) < 4.78 is 12.1. The molecule has 0 spiro atoms. The number of esters is 1. The molecule has 1 aromatic heterocycles. The van der Waals surface area contributed by atoms with Crippen LogP contribution in [0.25, 0.3) is 10.9 Å². The van der Waals surface area contributed by atoms with Crippen LogP contribution in [-0.4, -0.2) is 47.1 Å². The molecular weight excluding hydrogens is 488 g/mol. The molecule has 9 heteroatoms. The number of carboxylic acids is 1. The fourth-order valence-corrected chi connectivity index (χ4v) is 4.58. The van der Waals surface area contributed by atoms with Gasteiger partial charge >= 0.3 is 11.9 Å². The zero-order valence-corrected chi connectivity index (χ0v) is 22.3. The lowest BCUT2D eigenvalue weighted by Crippen LogP contribution is -2.30. The monoisotopic (exact) mass is 522 g/mol. The summed E-state index contributed by atoms with van der Waals surface area (Å²) in [5, 5.41) is 9.42. The number of carboxylic acid groups (broad SMARTS) is 1. The Bertz CT molecular complexity index is 1320. The van der Waals surface area contributed by atoms with Crippen molar-refractivity contribution in [2.45, 2.75) is 59.3 Å². The highest BCUT2D eigenvalue weighted by molar-refractivity contribution is 6.11. The average molecular weight is 523 g/mol. The molecule has 0 saturated carbocycles. The van der Waals surface area contributed by atoms with Gasteiger partial charge < -0.3 is 19.5 Å². The third-order valence-corrected chi connectivity index (χ3v) is 6.37. The number of aromatic nitrogens is 1. The van der Waals surface area contributed by atoms with E-state index in [9.17, 15) is 19.2 Å². The number of carbonyl (C=O) groups excluding carboxylic acids is 3. The number of anilines is 1. The number of aliphatic carboxylic acids is 1. The summed E-state index contributed by atoms with van der Waals surface area (Å²) in [6.07, 6.45) is 4.02. The van der Waals surface area contributed by atoms with Crippen LogP contribution in [0.3, 0.4) is 0 Å². The smallest absolute Gasteiger partial charge is 0.308 e. The van der Waals surface area contributed by atoms with Crippen LogP contribution in [0.4, 0.5) is 5.69 Å². The fourth-order valence-electron chi connectivity index (χ4n) is 4.58. The summed E-state index contributed by atoms with van der Waals surface area (Å²) in [6, 6.07) is 11.8. The summed E-state index contributed by atoms with van der Waals surface area (Å²) in [4.78, 5) is 50.4. The largest absolute Gasteiger partial charge is 0.497 e. The van der Waals surface area contributed by atoms with Crippen molar-refractivity contribution in [1.29, 1.82) is 0 Å². The van der Waals surface area contributed by atoms with Gasteiger partial charge in [-0.3, -0.25) is 23.7 Å². The SMILES string of the molecule is COc1ccc(C(=O)n2c(C)c(N(CCCCCCCC(=O)O)C(C)=O)c3cc(OC(C)=O)ccc32)cc1. The molecule has 0 fully saturated rings. The fraction of sp³-hybridized carbons (Fsp3) is 0.379. The van der Waals surface area contributed by atoms with Gasteiger partial charge in [0, 0.05) is 43.5 Å². The molecule has 0 aliphatic rings. The van der Waals surface area contributed by atoms with Crippen LogP contribution in [0.5, 0.6) is 11.5 Å². The van der Waals surface area contributed by atoms with Crippen LogP contribution in [0.1, 0.15) is 68.4 Å². The van der Waals surface area contributed by atoms with E-state index < -0.39 is 11.9 Å². The van der Waals surface area contributed by atoms with Crippen LogP contribution < -0.4 is 14.4 Å². The molecule has 1 heterocycles. The number of benzene rings is 2. The van der Waals surface area contributed by atoms with E-state index in [0.717, 1.165) is 25.7 Å². The normalized spacial score (nSPS) is 10.8. The summed E-state index contributed by atoms with van der Waals surface area (Å²) in [5.41, 5.74) is 2.23. The van der Waals surface area contributed by atoms with Crippen LogP contribution in [0.15, 0.2) is 42.5 Å². The molecule has 1 amide bonds. The number of fused-ring (bicyclic) bond motifs is 1. The summed E-state index contributed by atoms with van der Waals surface area (Å²) in [7, 11) is 1.56. The first-order chi connectivity index (χ1) is 18.1. The van der Waals surface area contributed by atoms with Crippen LogP contribution >= 0.6 is 0 Å². The molecule has 9 nitrogen and oxygen atoms in total. The molecule has 0 unspecified atom stereocenters. The number of unbranched alkanes of at least 4 members (excludes halogenated alkanes) is 4. The lowest BCUT2D eigenvalue weighted by molar-refractivity contribution is -0.137. The van der Waals surface area contributed by atoms with Crippen molar-refractivity contribution in [2.75, 3.05) is 18.6 Å². The minimum Gasteiger partial charge on any atom is -0.497 e. The summed E-state index contributed by atoms with van der Waals surface area (Å²) in [5.74, 6) is -0.744. The van der Waals surface area contributed by atoms with Crippen LogP contribution in [0.2, 0.25) is 0 Å². The first-order valence-electron chi connectivity index (χ1n) is 12.7. The molecule has 0 aliphatic carbocycles. The number of hydrogen-bond donors (Lipinski definition) is 1. The molecule has 38 heavy (non-hydrogen) atoms.